The second-order valence-electron chi connectivity index (χ2n) is 6.87. The van der Waals surface area contributed by atoms with E-state index < -0.39 is 0 Å². The van der Waals surface area contributed by atoms with Gasteiger partial charge >= 0.3 is 0 Å². The molecule has 2 aromatic rings. The number of fused-ring (bicyclic) bond motifs is 1. The van der Waals surface area contributed by atoms with Crippen LogP contribution in [-0.2, 0) is 9.59 Å². The van der Waals surface area contributed by atoms with Crippen LogP contribution >= 0.6 is 0 Å². The van der Waals surface area contributed by atoms with E-state index in [1.165, 1.54) is 6.92 Å². The fraction of sp³-hybridized carbons (Fsp3) is 0.286. The number of aryl methyl sites for hydroxylation is 1. The summed E-state index contributed by atoms with van der Waals surface area (Å²) in [5.74, 6) is -0.526. The molecular formula is C21H24N4O3. The van der Waals surface area contributed by atoms with Crippen LogP contribution in [0.4, 0.5) is 11.4 Å². The van der Waals surface area contributed by atoms with Gasteiger partial charge in [-0.15, -0.1) is 0 Å². The number of H-pyrrole nitrogens is 1. The van der Waals surface area contributed by atoms with Crippen molar-refractivity contribution in [3.05, 3.63) is 46.3 Å². The van der Waals surface area contributed by atoms with Gasteiger partial charge in [-0.1, -0.05) is 6.92 Å². The Bertz CT molecular complexity index is 1000. The molecule has 28 heavy (non-hydrogen) atoms. The number of amides is 3. The summed E-state index contributed by atoms with van der Waals surface area (Å²) in [5.41, 5.74) is 5.35. The molecule has 0 radical (unpaired) electrons. The lowest BCUT2D eigenvalue weighted by molar-refractivity contribution is -0.114. The standard InChI is InChI=1S/C21H24N4O3/c1-5-8-22-21(28)19-11(2)18(23-12(19)3)10-16-15-9-14(24-13(4)26)6-7-17(15)25-20(16)27/h6-7,9-10,23H,5,8H2,1-4H3,(H,22,28)(H,24,26)(H,25,27)/b16-10-. The molecule has 146 valence electrons. The monoisotopic (exact) mass is 380 g/mol. The van der Waals surface area contributed by atoms with Crippen molar-refractivity contribution in [2.45, 2.75) is 34.1 Å². The molecule has 3 amide bonds. The molecule has 7 heteroatoms. The molecule has 0 fully saturated rings. The highest BCUT2D eigenvalue weighted by Crippen LogP contribution is 2.35. The quantitative estimate of drug-likeness (QED) is 0.599. The SMILES string of the molecule is CCCNC(=O)c1c(C)[nH]c(/C=C2\C(=O)Nc3ccc(NC(C)=O)cc32)c1C. The lowest BCUT2D eigenvalue weighted by Gasteiger charge is -2.05. The number of carbonyl (C=O) groups excluding carboxylic acids is 3. The largest absolute Gasteiger partial charge is 0.358 e. The van der Waals surface area contributed by atoms with E-state index in [9.17, 15) is 14.4 Å². The molecular weight excluding hydrogens is 356 g/mol. The molecule has 0 aliphatic carbocycles. The fourth-order valence-corrected chi connectivity index (χ4v) is 3.34. The zero-order chi connectivity index (χ0) is 20.4. The Balaban J connectivity index is 2.00. The van der Waals surface area contributed by atoms with Gasteiger partial charge in [0, 0.05) is 41.8 Å². The number of aromatic nitrogens is 1. The average Bonchev–Trinajstić information content (AvgIpc) is 3.09. The van der Waals surface area contributed by atoms with E-state index in [0.717, 1.165) is 17.7 Å². The van der Waals surface area contributed by atoms with Gasteiger partial charge in [0.25, 0.3) is 11.8 Å². The van der Waals surface area contributed by atoms with Crippen LogP contribution in [-0.4, -0.2) is 29.3 Å². The minimum Gasteiger partial charge on any atom is -0.358 e. The van der Waals surface area contributed by atoms with Crippen molar-refractivity contribution in [3.63, 3.8) is 0 Å². The van der Waals surface area contributed by atoms with E-state index in [-0.39, 0.29) is 17.7 Å². The predicted octanol–water partition coefficient (Wildman–Crippen LogP) is 3.22. The number of nitrogens with one attached hydrogen (secondary N) is 4. The molecule has 1 aromatic heterocycles. The minimum atomic E-state index is -0.224. The molecule has 1 aromatic carbocycles. The maximum absolute atomic E-state index is 12.5. The molecule has 2 heterocycles. The van der Waals surface area contributed by atoms with Gasteiger partial charge in [0.1, 0.15) is 0 Å². The Hall–Kier alpha value is -3.35. The number of hydrogen-bond donors (Lipinski definition) is 4. The third-order valence-corrected chi connectivity index (χ3v) is 4.65. The third-order valence-electron chi connectivity index (χ3n) is 4.65. The van der Waals surface area contributed by atoms with Crippen molar-refractivity contribution in [1.82, 2.24) is 10.3 Å². The molecule has 0 unspecified atom stereocenters. The Morgan fingerprint density at radius 2 is 1.96 bits per heavy atom. The van der Waals surface area contributed by atoms with Gasteiger partial charge in [0.2, 0.25) is 5.91 Å². The van der Waals surface area contributed by atoms with Crippen LogP contribution < -0.4 is 16.0 Å². The van der Waals surface area contributed by atoms with E-state index in [2.05, 4.69) is 20.9 Å². The van der Waals surface area contributed by atoms with Crippen molar-refractivity contribution < 1.29 is 14.4 Å². The van der Waals surface area contributed by atoms with E-state index >= 15 is 0 Å². The first-order chi connectivity index (χ1) is 13.3. The van der Waals surface area contributed by atoms with E-state index in [1.807, 2.05) is 20.8 Å². The first kappa shape index (κ1) is 19.4. The van der Waals surface area contributed by atoms with Crippen molar-refractivity contribution in [1.29, 1.82) is 0 Å². The zero-order valence-corrected chi connectivity index (χ0v) is 16.4. The van der Waals surface area contributed by atoms with Crippen LogP contribution in [0.25, 0.3) is 11.6 Å². The second kappa shape index (κ2) is 7.72. The summed E-state index contributed by atoms with van der Waals surface area (Å²) in [5, 5.41) is 8.44. The number of anilines is 2. The Morgan fingerprint density at radius 3 is 2.64 bits per heavy atom. The summed E-state index contributed by atoms with van der Waals surface area (Å²) in [4.78, 5) is 39.5. The summed E-state index contributed by atoms with van der Waals surface area (Å²) >= 11 is 0. The van der Waals surface area contributed by atoms with Gasteiger partial charge in [0.15, 0.2) is 0 Å². The highest BCUT2D eigenvalue weighted by atomic mass is 16.2. The van der Waals surface area contributed by atoms with Crippen molar-refractivity contribution >= 4 is 40.7 Å². The first-order valence-electron chi connectivity index (χ1n) is 9.24. The van der Waals surface area contributed by atoms with Crippen LogP contribution in [0.1, 0.15) is 53.1 Å². The van der Waals surface area contributed by atoms with E-state index in [4.69, 9.17) is 0 Å². The summed E-state index contributed by atoms with van der Waals surface area (Å²) < 4.78 is 0. The van der Waals surface area contributed by atoms with Crippen LogP contribution in [0, 0.1) is 13.8 Å². The molecule has 4 N–H and O–H groups in total. The molecule has 3 rings (SSSR count). The maximum atomic E-state index is 12.5. The van der Waals surface area contributed by atoms with Crippen LogP contribution in [0.5, 0.6) is 0 Å². The smallest absolute Gasteiger partial charge is 0.256 e. The minimum absolute atomic E-state index is 0.123. The number of benzene rings is 1. The Morgan fingerprint density at radius 1 is 1.21 bits per heavy atom. The molecule has 0 saturated heterocycles. The van der Waals surface area contributed by atoms with Crippen molar-refractivity contribution in [2.75, 3.05) is 17.2 Å². The fourth-order valence-electron chi connectivity index (χ4n) is 3.34. The molecule has 7 nitrogen and oxygen atoms in total. The second-order valence-corrected chi connectivity index (χ2v) is 6.87. The first-order valence-corrected chi connectivity index (χ1v) is 9.24. The van der Waals surface area contributed by atoms with Crippen molar-refractivity contribution in [3.8, 4) is 0 Å². The summed E-state index contributed by atoms with van der Waals surface area (Å²) in [7, 11) is 0. The number of hydrogen-bond acceptors (Lipinski definition) is 3. The average molecular weight is 380 g/mol. The predicted molar refractivity (Wildman–Crippen MR) is 110 cm³/mol. The summed E-state index contributed by atoms with van der Waals surface area (Å²) in [6, 6.07) is 5.26. The van der Waals surface area contributed by atoms with E-state index in [1.54, 1.807) is 24.3 Å². The van der Waals surface area contributed by atoms with Crippen LogP contribution in [0.15, 0.2) is 18.2 Å². The maximum Gasteiger partial charge on any atom is 0.256 e. The van der Waals surface area contributed by atoms with Crippen LogP contribution in [0.2, 0.25) is 0 Å². The third kappa shape index (κ3) is 3.69. The molecule has 0 bridgehead atoms. The van der Waals surface area contributed by atoms with E-state index in [0.29, 0.717) is 40.3 Å². The van der Waals surface area contributed by atoms with Crippen LogP contribution in [0.3, 0.4) is 0 Å². The van der Waals surface area contributed by atoms with Gasteiger partial charge < -0.3 is 20.9 Å². The number of aromatic amines is 1. The van der Waals surface area contributed by atoms with Crippen molar-refractivity contribution in [2.24, 2.45) is 0 Å². The number of rotatable bonds is 5. The zero-order valence-electron chi connectivity index (χ0n) is 16.4. The Kier molecular flexibility index (Phi) is 5.35. The molecule has 0 saturated carbocycles. The van der Waals surface area contributed by atoms with Gasteiger partial charge in [-0.2, -0.15) is 0 Å². The highest BCUT2D eigenvalue weighted by molar-refractivity contribution is 6.35. The van der Waals surface area contributed by atoms with Gasteiger partial charge in [-0.05, 0) is 50.1 Å². The number of carbonyl (C=O) groups is 3. The molecule has 1 aliphatic heterocycles. The topological polar surface area (TPSA) is 103 Å². The van der Waals surface area contributed by atoms with Gasteiger partial charge in [-0.3, -0.25) is 14.4 Å². The molecule has 0 atom stereocenters. The lowest BCUT2D eigenvalue weighted by atomic mass is 10.0. The van der Waals surface area contributed by atoms with Gasteiger partial charge in [0.05, 0.1) is 11.1 Å². The normalized spacial score (nSPS) is 14.0. The summed E-state index contributed by atoms with van der Waals surface area (Å²) in [6.45, 7) is 7.74. The summed E-state index contributed by atoms with van der Waals surface area (Å²) in [6.07, 6.45) is 2.61. The lowest BCUT2D eigenvalue weighted by Crippen LogP contribution is -2.24. The Labute approximate surface area is 163 Å². The molecule has 0 spiro atoms. The molecule has 1 aliphatic rings. The highest BCUT2D eigenvalue weighted by Gasteiger charge is 2.26. The van der Waals surface area contributed by atoms with Gasteiger partial charge in [-0.25, -0.2) is 0 Å².